The van der Waals surface area contributed by atoms with Gasteiger partial charge in [0.25, 0.3) is 0 Å². The van der Waals surface area contributed by atoms with E-state index < -0.39 is 0 Å². The summed E-state index contributed by atoms with van der Waals surface area (Å²) in [6, 6.07) is 0. The maximum Gasteiger partial charge on any atom is 0.225 e. The van der Waals surface area contributed by atoms with Gasteiger partial charge < -0.3 is 10.2 Å². The van der Waals surface area contributed by atoms with Crippen molar-refractivity contribution < 1.29 is 4.79 Å². The Morgan fingerprint density at radius 1 is 1.52 bits per heavy atom. The zero-order valence-corrected chi connectivity index (χ0v) is 14.1. The number of carbonyl (C=O) groups is 1. The second-order valence-corrected chi connectivity index (χ2v) is 6.60. The van der Waals surface area contributed by atoms with Crippen molar-refractivity contribution in [1.82, 2.24) is 15.2 Å². The van der Waals surface area contributed by atoms with Crippen molar-refractivity contribution in [3.05, 3.63) is 11.1 Å². The fourth-order valence-electron chi connectivity index (χ4n) is 2.66. The van der Waals surface area contributed by atoms with Crippen LogP contribution in [0.15, 0.2) is 5.38 Å². The molecule has 0 aromatic carbocycles. The number of hydrogen-bond acceptors (Lipinski definition) is 5. The molecule has 1 fully saturated rings. The predicted molar refractivity (Wildman–Crippen MR) is 87.7 cm³/mol. The van der Waals surface area contributed by atoms with Crippen LogP contribution in [0.4, 0.5) is 5.13 Å². The summed E-state index contributed by atoms with van der Waals surface area (Å²) in [4.78, 5) is 20.2. The molecule has 2 heterocycles. The van der Waals surface area contributed by atoms with E-state index >= 15 is 0 Å². The smallest absolute Gasteiger partial charge is 0.225 e. The van der Waals surface area contributed by atoms with Crippen LogP contribution in [0.1, 0.15) is 32.4 Å². The SMILES string of the molecule is CCN(C(C)=O)c1nc(CNCC2CCN(C)CC2)cs1. The van der Waals surface area contributed by atoms with Gasteiger partial charge in [-0.05, 0) is 52.4 Å². The lowest BCUT2D eigenvalue weighted by Gasteiger charge is -2.28. The van der Waals surface area contributed by atoms with E-state index in [1.807, 2.05) is 12.3 Å². The summed E-state index contributed by atoms with van der Waals surface area (Å²) in [6.07, 6.45) is 2.56. The number of rotatable bonds is 6. The van der Waals surface area contributed by atoms with Crippen molar-refractivity contribution in [2.45, 2.75) is 33.2 Å². The second-order valence-electron chi connectivity index (χ2n) is 5.76. The molecule has 1 aliphatic heterocycles. The lowest BCUT2D eigenvalue weighted by atomic mass is 9.97. The van der Waals surface area contributed by atoms with Gasteiger partial charge in [-0.2, -0.15) is 0 Å². The Kier molecular flexibility index (Phi) is 6.14. The van der Waals surface area contributed by atoms with Crippen LogP contribution in [0.3, 0.4) is 0 Å². The lowest BCUT2D eigenvalue weighted by Crippen LogP contribution is -2.34. The number of likely N-dealkylation sites (tertiary alicyclic amines) is 1. The van der Waals surface area contributed by atoms with Crippen molar-refractivity contribution in [2.75, 3.05) is 38.1 Å². The molecule has 0 radical (unpaired) electrons. The molecule has 0 unspecified atom stereocenters. The van der Waals surface area contributed by atoms with Gasteiger partial charge in [0, 0.05) is 25.4 Å². The molecule has 1 saturated heterocycles. The van der Waals surface area contributed by atoms with Gasteiger partial charge in [-0.25, -0.2) is 4.98 Å². The minimum atomic E-state index is 0.0534. The molecule has 0 spiro atoms. The first-order valence-corrected chi connectivity index (χ1v) is 8.60. The largest absolute Gasteiger partial charge is 0.311 e. The van der Waals surface area contributed by atoms with Crippen LogP contribution < -0.4 is 10.2 Å². The van der Waals surface area contributed by atoms with Crippen molar-refractivity contribution in [2.24, 2.45) is 5.92 Å². The average Bonchev–Trinajstić information content (AvgIpc) is 2.90. The van der Waals surface area contributed by atoms with Gasteiger partial charge in [-0.1, -0.05) is 0 Å². The number of nitrogens with one attached hydrogen (secondary N) is 1. The third kappa shape index (κ3) is 4.76. The molecule has 21 heavy (non-hydrogen) atoms. The Bertz CT molecular complexity index is 454. The highest BCUT2D eigenvalue weighted by Crippen LogP contribution is 2.21. The maximum atomic E-state index is 11.5. The maximum absolute atomic E-state index is 11.5. The van der Waals surface area contributed by atoms with E-state index in [0.29, 0.717) is 6.54 Å². The zero-order valence-electron chi connectivity index (χ0n) is 13.3. The van der Waals surface area contributed by atoms with Crippen LogP contribution in [0.2, 0.25) is 0 Å². The van der Waals surface area contributed by atoms with Crippen LogP contribution in [0.5, 0.6) is 0 Å². The Balaban J connectivity index is 1.76. The highest BCUT2D eigenvalue weighted by Gasteiger charge is 2.17. The number of amides is 1. The Labute approximate surface area is 131 Å². The molecule has 1 aromatic rings. The Hall–Kier alpha value is -0.980. The number of carbonyl (C=O) groups excluding carboxylic acids is 1. The molecule has 1 aromatic heterocycles. The lowest BCUT2D eigenvalue weighted by molar-refractivity contribution is -0.116. The molecule has 0 saturated carbocycles. The molecule has 5 nitrogen and oxygen atoms in total. The molecule has 118 valence electrons. The van der Waals surface area contributed by atoms with E-state index in [1.54, 1.807) is 23.2 Å². The monoisotopic (exact) mass is 310 g/mol. The number of hydrogen-bond donors (Lipinski definition) is 1. The molecule has 0 aliphatic carbocycles. The number of nitrogens with zero attached hydrogens (tertiary/aromatic N) is 3. The van der Waals surface area contributed by atoms with Crippen molar-refractivity contribution in [1.29, 1.82) is 0 Å². The van der Waals surface area contributed by atoms with Gasteiger partial charge in [0.2, 0.25) is 5.91 Å². The molecule has 2 rings (SSSR count). The molecule has 6 heteroatoms. The van der Waals surface area contributed by atoms with Crippen LogP contribution in [-0.4, -0.2) is 49.0 Å². The fourth-order valence-corrected chi connectivity index (χ4v) is 3.60. The van der Waals surface area contributed by atoms with Crippen LogP contribution in [0, 0.1) is 5.92 Å². The van der Waals surface area contributed by atoms with E-state index in [-0.39, 0.29) is 5.91 Å². The average molecular weight is 310 g/mol. The van der Waals surface area contributed by atoms with E-state index in [4.69, 9.17) is 0 Å². The molecule has 1 amide bonds. The van der Waals surface area contributed by atoms with Crippen molar-refractivity contribution >= 4 is 22.4 Å². The van der Waals surface area contributed by atoms with Crippen molar-refractivity contribution in [3.63, 3.8) is 0 Å². The predicted octanol–water partition coefficient (Wildman–Crippen LogP) is 1.95. The quantitative estimate of drug-likeness (QED) is 0.872. The fraction of sp³-hybridized carbons (Fsp3) is 0.733. The van der Waals surface area contributed by atoms with Gasteiger partial charge in [0.15, 0.2) is 5.13 Å². The molecule has 0 atom stereocenters. The van der Waals surface area contributed by atoms with Crippen LogP contribution in [-0.2, 0) is 11.3 Å². The van der Waals surface area contributed by atoms with Gasteiger partial charge in [-0.3, -0.25) is 9.69 Å². The van der Waals surface area contributed by atoms with Gasteiger partial charge in [0.05, 0.1) is 5.69 Å². The highest BCUT2D eigenvalue weighted by atomic mass is 32.1. The zero-order chi connectivity index (χ0) is 15.2. The third-order valence-electron chi connectivity index (χ3n) is 4.04. The van der Waals surface area contributed by atoms with Crippen LogP contribution >= 0.6 is 11.3 Å². The third-order valence-corrected chi connectivity index (χ3v) is 4.96. The van der Waals surface area contributed by atoms with E-state index in [1.165, 1.54) is 25.9 Å². The van der Waals surface area contributed by atoms with Gasteiger partial charge in [-0.15, -0.1) is 11.3 Å². The number of aromatic nitrogens is 1. The summed E-state index contributed by atoms with van der Waals surface area (Å²) in [5.41, 5.74) is 1.03. The van der Waals surface area contributed by atoms with Gasteiger partial charge >= 0.3 is 0 Å². The summed E-state index contributed by atoms with van der Waals surface area (Å²) in [5.74, 6) is 0.835. The summed E-state index contributed by atoms with van der Waals surface area (Å²) in [6.45, 7) is 8.49. The normalized spacial score (nSPS) is 17.1. The van der Waals surface area contributed by atoms with E-state index in [2.05, 4.69) is 22.2 Å². The first-order chi connectivity index (χ1) is 10.1. The second kappa shape index (κ2) is 7.87. The summed E-state index contributed by atoms with van der Waals surface area (Å²) >= 11 is 1.54. The number of anilines is 1. The standard InChI is InChI=1S/C15H26N4OS/c1-4-19(12(2)20)15-17-14(11-21-15)10-16-9-13-5-7-18(3)8-6-13/h11,13,16H,4-10H2,1-3H3. The number of thiazole rings is 1. The highest BCUT2D eigenvalue weighted by molar-refractivity contribution is 7.14. The van der Waals surface area contributed by atoms with E-state index in [0.717, 1.165) is 29.8 Å². The minimum absolute atomic E-state index is 0.0534. The number of piperidine rings is 1. The minimum Gasteiger partial charge on any atom is -0.311 e. The van der Waals surface area contributed by atoms with Crippen molar-refractivity contribution in [3.8, 4) is 0 Å². The van der Waals surface area contributed by atoms with Gasteiger partial charge in [0.1, 0.15) is 0 Å². The first kappa shape index (κ1) is 16.4. The topological polar surface area (TPSA) is 48.5 Å². The summed E-state index contributed by atoms with van der Waals surface area (Å²) < 4.78 is 0. The molecule has 0 bridgehead atoms. The summed E-state index contributed by atoms with van der Waals surface area (Å²) in [7, 11) is 2.19. The molecule has 1 aliphatic rings. The first-order valence-electron chi connectivity index (χ1n) is 7.72. The molecular weight excluding hydrogens is 284 g/mol. The summed E-state index contributed by atoms with van der Waals surface area (Å²) in [5, 5.41) is 6.36. The van der Waals surface area contributed by atoms with E-state index in [9.17, 15) is 4.79 Å². The molecule has 1 N–H and O–H groups in total. The Morgan fingerprint density at radius 3 is 2.86 bits per heavy atom. The Morgan fingerprint density at radius 2 is 2.24 bits per heavy atom. The van der Waals surface area contributed by atoms with Crippen LogP contribution in [0.25, 0.3) is 0 Å². The molecular formula is C15H26N4OS.